The van der Waals surface area contributed by atoms with Crippen LogP contribution in [0.3, 0.4) is 0 Å². The van der Waals surface area contributed by atoms with Gasteiger partial charge < -0.3 is 19.3 Å². The molecule has 0 N–H and O–H groups in total. The third-order valence-electron chi connectivity index (χ3n) is 6.28. The minimum absolute atomic E-state index is 0.227. The number of hydrogen-bond donors (Lipinski definition) is 0. The Morgan fingerprint density at radius 2 is 1.83 bits per heavy atom. The molecule has 1 aromatic carbocycles. The number of para-hydroxylation sites is 1. The molecule has 2 fully saturated rings. The summed E-state index contributed by atoms with van der Waals surface area (Å²) in [7, 11) is 3.27. The predicted octanol–water partition coefficient (Wildman–Crippen LogP) is 3.13. The second-order valence-corrected chi connectivity index (χ2v) is 8.39. The molecule has 0 unspecified atom stereocenters. The molecule has 0 radical (unpaired) electrons. The first kappa shape index (κ1) is 20.4. The van der Waals surface area contributed by atoms with Gasteiger partial charge in [0.2, 0.25) is 11.9 Å². The first-order valence-electron chi connectivity index (χ1n) is 10.5. The van der Waals surface area contributed by atoms with E-state index in [4.69, 9.17) is 9.47 Å². The van der Waals surface area contributed by atoms with Gasteiger partial charge in [0.15, 0.2) is 11.5 Å². The van der Waals surface area contributed by atoms with E-state index in [0.29, 0.717) is 24.6 Å². The summed E-state index contributed by atoms with van der Waals surface area (Å²) in [5, 5.41) is 0. The summed E-state index contributed by atoms with van der Waals surface area (Å²) in [6, 6.07) is 7.79. The Kier molecular flexibility index (Phi) is 5.54. The number of piperidine rings is 1. The van der Waals surface area contributed by atoms with Crippen molar-refractivity contribution in [3.05, 3.63) is 41.2 Å². The van der Waals surface area contributed by atoms with Crippen LogP contribution in [0.15, 0.2) is 24.3 Å². The van der Waals surface area contributed by atoms with Crippen LogP contribution in [-0.4, -0.2) is 54.6 Å². The Bertz CT molecular complexity index is 928. The maximum atomic E-state index is 13.6. The average Bonchev–Trinajstić information content (AvgIpc) is 3.15. The number of aryl methyl sites for hydroxylation is 2. The molecule has 1 aromatic heterocycles. The number of nitrogens with zero attached hydrogens (tertiary/aromatic N) is 4. The lowest BCUT2D eigenvalue weighted by Crippen LogP contribution is -2.49. The third kappa shape index (κ3) is 3.68. The van der Waals surface area contributed by atoms with E-state index in [1.54, 1.807) is 14.2 Å². The van der Waals surface area contributed by atoms with E-state index in [1.165, 1.54) is 0 Å². The van der Waals surface area contributed by atoms with Crippen molar-refractivity contribution in [2.45, 2.75) is 39.7 Å². The van der Waals surface area contributed by atoms with Crippen LogP contribution < -0.4 is 14.4 Å². The number of methoxy groups -OCH3 is 2. The fraction of sp³-hybridized carbons (Fsp3) is 0.522. The quantitative estimate of drug-likeness (QED) is 0.754. The lowest BCUT2D eigenvalue weighted by atomic mass is 9.78. The van der Waals surface area contributed by atoms with Crippen LogP contribution in [-0.2, 0) is 11.3 Å². The van der Waals surface area contributed by atoms with Crippen molar-refractivity contribution < 1.29 is 14.3 Å². The van der Waals surface area contributed by atoms with E-state index in [9.17, 15) is 4.79 Å². The Balaban J connectivity index is 1.54. The summed E-state index contributed by atoms with van der Waals surface area (Å²) < 4.78 is 11.0. The van der Waals surface area contributed by atoms with Gasteiger partial charge in [-0.3, -0.25) is 4.79 Å². The number of anilines is 1. The molecule has 2 aliphatic heterocycles. The fourth-order valence-electron chi connectivity index (χ4n) is 4.86. The van der Waals surface area contributed by atoms with E-state index < -0.39 is 0 Å². The number of carbonyl (C=O) groups excluding carboxylic acids is 1. The Morgan fingerprint density at radius 3 is 2.53 bits per heavy atom. The molecule has 0 saturated carbocycles. The number of likely N-dealkylation sites (tertiary alicyclic amines) is 1. The highest BCUT2D eigenvalue weighted by atomic mass is 16.5. The van der Waals surface area contributed by atoms with Crippen LogP contribution in [0, 0.1) is 19.3 Å². The van der Waals surface area contributed by atoms with Crippen LogP contribution in [0.25, 0.3) is 0 Å². The number of hydrogen-bond acceptors (Lipinski definition) is 6. The summed E-state index contributed by atoms with van der Waals surface area (Å²) in [5.74, 6) is 2.35. The molecule has 7 nitrogen and oxygen atoms in total. The zero-order valence-corrected chi connectivity index (χ0v) is 18.3. The van der Waals surface area contributed by atoms with Crippen molar-refractivity contribution in [2.24, 2.45) is 5.41 Å². The summed E-state index contributed by atoms with van der Waals surface area (Å²) >= 11 is 0. The van der Waals surface area contributed by atoms with Gasteiger partial charge in [-0.05, 0) is 45.2 Å². The van der Waals surface area contributed by atoms with E-state index in [1.807, 2.05) is 43.0 Å². The number of amides is 1. The highest BCUT2D eigenvalue weighted by Gasteiger charge is 2.49. The van der Waals surface area contributed by atoms with Crippen LogP contribution >= 0.6 is 0 Å². The summed E-state index contributed by atoms with van der Waals surface area (Å²) in [5.41, 5.74) is 2.53. The number of ether oxygens (including phenoxy) is 2. The van der Waals surface area contributed by atoms with Crippen LogP contribution in [0.5, 0.6) is 11.5 Å². The van der Waals surface area contributed by atoms with Gasteiger partial charge >= 0.3 is 0 Å². The highest BCUT2D eigenvalue weighted by Crippen LogP contribution is 2.42. The minimum atomic E-state index is -0.356. The SMILES string of the molecule is COc1cccc(CN2CCC[C@]3(CCN(c4nc(C)cc(C)n4)C3)C2=O)c1OC. The molecule has 30 heavy (non-hydrogen) atoms. The van der Waals surface area contributed by atoms with Gasteiger partial charge in [0.25, 0.3) is 0 Å². The second-order valence-electron chi connectivity index (χ2n) is 8.39. The smallest absolute Gasteiger partial charge is 0.230 e. The minimum Gasteiger partial charge on any atom is -0.493 e. The van der Waals surface area contributed by atoms with Crippen molar-refractivity contribution in [1.29, 1.82) is 0 Å². The number of rotatable bonds is 5. The van der Waals surface area contributed by atoms with Gasteiger partial charge in [-0.2, -0.15) is 0 Å². The molecule has 160 valence electrons. The van der Waals surface area contributed by atoms with Gasteiger partial charge in [0.05, 0.1) is 19.6 Å². The summed E-state index contributed by atoms with van der Waals surface area (Å²) in [4.78, 5) is 27.0. The zero-order valence-electron chi connectivity index (χ0n) is 18.3. The molecule has 2 saturated heterocycles. The monoisotopic (exact) mass is 410 g/mol. The lowest BCUT2D eigenvalue weighted by Gasteiger charge is -2.39. The van der Waals surface area contributed by atoms with Gasteiger partial charge in [-0.25, -0.2) is 9.97 Å². The molecule has 1 spiro atoms. The van der Waals surface area contributed by atoms with E-state index in [-0.39, 0.29) is 11.3 Å². The van der Waals surface area contributed by atoms with Gasteiger partial charge in [0.1, 0.15) is 0 Å². The first-order valence-corrected chi connectivity index (χ1v) is 10.5. The van der Waals surface area contributed by atoms with Gasteiger partial charge in [0, 0.05) is 43.1 Å². The maximum absolute atomic E-state index is 13.6. The number of benzene rings is 1. The molecule has 7 heteroatoms. The molecule has 2 aliphatic rings. The Hall–Kier alpha value is -2.83. The molecular formula is C23H30N4O3. The lowest BCUT2D eigenvalue weighted by molar-refractivity contribution is -0.145. The Labute approximate surface area is 178 Å². The Morgan fingerprint density at radius 1 is 1.07 bits per heavy atom. The first-order chi connectivity index (χ1) is 14.5. The largest absolute Gasteiger partial charge is 0.493 e. The van der Waals surface area contributed by atoms with Crippen LogP contribution in [0.2, 0.25) is 0 Å². The summed E-state index contributed by atoms with van der Waals surface area (Å²) in [6.45, 7) is 6.76. The molecule has 0 bridgehead atoms. The van der Waals surface area contributed by atoms with E-state index in [2.05, 4.69) is 14.9 Å². The van der Waals surface area contributed by atoms with Crippen molar-refractivity contribution in [1.82, 2.24) is 14.9 Å². The standard InChI is InChI=1S/C23H30N4O3/c1-16-13-17(2)25-22(24-16)27-12-10-23(15-27)9-6-11-26(21(23)28)14-18-7-5-8-19(29-3)20(18)30-4/h5,7-8,13H,6,9-12,14-15H2,1-4H3/t23-/m1/s1. The maximum Gasteiger partial charge on any atom is 0.230 e. The van der Waals surface area contributed by atoms with E-state index in [0.717, 1.165) is 55.3 Å². The third-order valence-corrected chi connectivity index (χ3v) is 6.28. The van der Waals surface area contributed by atoms with Crippen LogP contribution in [0.1, 0.15) is 36.2 Å². The van der Waals surface area contributed by atoms with Crippen molar-refractivity contribution >= 4 is 11.9 Å². The molecule has 4 rings (SSSR count). The molecule has 1 atom stereocenters. The number of carbonyl (C=O) groups is 1. The fourth-order valence-corrected chi connectivity index (χ4v) is 4.86. The van der Waals surface area contributed by atoms with E-state index >= 15 is 0 Å². The average molecular weight is 411 g/mol. The molecule has 3 heterocycles. The number of aromatic nitrogens is 2. The molecule has 0 aliphatic carbocycles. The normalized spacial score (nSPS) is 21.4. The predicted molar refractivity (Wildman–Crippen MR) is 115 cm³/mol. The summed E-state index contributed by atoms with van der Waals surface area (Å²) in [6.07, 6.45) is 2.76. The highest BCUT2D eigenvalue weighted by molar-refractivity contribution is 5.85. The second kappa shape index (κ2) is 8.13. The van der Waals surface area contributed by atoms with Crippen LogP contribution in [0.4, 0.5) is 5.95 Å². The molecular weight excluding hydrogens is 380 g/mol. The zero-order chi connectivity index (χ0) is 21.3. The topological polar surface area (TPSA) is 67.8 Å². The van der Waals surface area contributed by atoms with Crippen molar-refractivity contribution in [2.75, 3.05) is 38.8 Å². The van der Waals surface area contributed by atoms with Gasteiger partial charge in [-0.15, -0.1) is 0 Å². The van der Waals surface area contributed by atoms with Crippen molar-refractivity contribution in [3.8, 4) is 11.5 Å². The molecule has 2 aromatic rings. The van der Waals surface area contributed by atoms with Gasteiger partial charge in [-0.1, -0.05) is 12.1 Å². The van der Waals surface area contributed by atoms with Crippen molar-refractivity contribution in [3.63, 3.8) is 0 Å². The molecule has 1 amide bonds.